The summed E-state index contributed by atoms with van der Waals surface area (Å²) in [5, 5.41) is 8.59. The van der Waals surface area contributed by atoms with Crippen LogP contribution in [-0.2, 0) is 6.42 Å². The highest BCUT2D eigenvalue weighted by Gasteiger charge is 2.43. The molecule has 1 aromatic rings. The van der Waals surface area contributed by atoms with Crippen molar-refractivity contribution in [2.45, 2.75) is 32.4 Å². The van der Waals surface area contributed by atoms with Crippen molar-refractivity contribution >= 4 is 11.4 Å². The third-order valence-corrected chi connectivity index (χ3v) is 4.65. The minimum atomic E-state index is -4.34. The second kappa shape index (κ2) is 6.51. The number of nitrogens with one attached hydrogen (secondary N) is 1. The summed E-state index contributed by atoms with van der Waals surface area (Å²) in [7, 11) is 0. The Bertz CT molecular complexity index is 559. The van der Waals surface area contributed by atoms with Gasteiger partial charge in [-0.2, -0.15) is 18.3 Å². The van der Waals surface area contributed by atoms with E-state index in [2.05, 4.69) is 10.4 Å². The Morgan fingerprint density at radius 3 is 2.39 bits per heavy atom. The topological polar surface area (TPSA) is 27.6 Å². The standard InChI is InChI=1S/C17H22F3N3/c1-12-11-23(22-16(12)17(18,19)20)15-4-2-13(3-5-15)10-14-6-8-21-9-7-14/h2-5,12,14,21H,6-11H2,1H3. The van der Waals surface area contributed by atoms with Crippen LogP contribution in [0.4, 0.5) is 18.9 Å². The van der Waals surface area contributed by atoms with Gasteiger partial charge in [0.15, 0.2) is 0 Å². The number of hydrogen-bond acceptors (Lipinski definition) is 3. The average Bonchev–Trinajstić information content (AvgIpc) is 2.91. The van der Waals surface area contributed by atoms with Crippen LogP contribution in [0.15, 0.2) is 29.4 Å². The molecule has 0 radical (unpaired) electrons. The molecule has 2 aliphatic heterocycles. The van der Waals surface area contributed by atoms with Gasteiger partial charge in [0.25, 0.3) is 0 Å². The van der Waals surface area contributed by atoms with Gasteiger partial charge in [0, 0.05) is 12.5 Å². The average molecular weight is 325 g/mol. The first-order chi connectivity index (χ1) is 10.9. The highest BCUT2D eigenvalue weighted by atomic mass is 19.4. The molecule has 126 valence electrons. The molecule has 3 nitrogen and oxygen atoms in total. The SMILES string of the molecule is CC1CN(c2ccc(CC3CCNCC3)cc2)N=C1C(F)(F)F. The van der Waals surface area contributed by atoms with Gasteiger partial charge in [0.1, 0.15) is 5.71 Å². The van der Waals surface area contributed by atoms with E-state index in [9.17, 15) is 13.2 Å². The smallest absolute Gasteiger partial charge is 0.317 e. The summed E-state index contributed by atoms with van der Waals surface area (Å²) in [6.45, 7) is 3.99. The Morgan fingerprint density at radius 1 is 1.17 bits per heavy atom. The lowest BCUT2D eigenvalue weighted by Gasteiger charge is -2.23. The number of hydrazone groups is 1. The van der Waals surface area contributed by atoms with Crippen molar-refractivity contribution in [1.29, 1.82) is 0 Å². The van der Waals surface area contributed by atoms with Crippen molar-refractivity contribution in [3.05, 3.63) is 29.8 Å². The van der Waals surface area contributed by atoms with Crippen LogP contribution >= 0.6 is 0 Å². The normalized spacial score (nSPS) is 23.2. The zero-order chi connectivity index (χ0) is 16.4. The monoisotopic (exact) mass is 325 g/mol. The van der Waals surface area contributed by atoms with Gasteiger partial charge in [-0.3, -0.25) is 5.01 Å². The van der Waals surface area contributed by atoms with E-state index >= 15 is 0 Å². The van der Waals surface area contributed by atoms with Crippen LogP contribution in [0.3, 0.4) is 0 Å². The van der Waals surface area contributed by atoms with Gasteiger partial charge in [-0.05, 0) is 56.0 Å². The van der Waals surface area contributed by atoms with Gasteiger partial charge < -0.3 is 5.32 Å². The van der Waals surface area contributed by atoms with Crippen molar-refractivity contribution in [1.82, 2.24) is 5.32 Å². The Hall–Kier alpha value is -1.56. The lowest BCUT2D eigenvalue weighted by molar-refractivity contribution is -0.0616. The molecule has 0 aromatic heterocycles. The van der Waals surface area contributed by atoms with Crippen LogP contribution in [0.1, 0.15) is 25.3 Å². The van der Waals surface area contributed by atoms with Crippen molar-refractivity contribution < 1.29 is 13.2 Å². The highest BCUT2D eigenvalue weighted by Crippen LogP contribution is 2.31. The van der Waals surface area contributed by atoms with Crippen molar-refractivity contribution in [3.8, 4) is 0 Å². The zero-order valence-electron chi connectivity index (χ0n) is 13.2. The predicted octanol–water partition coefficient (Wildman–Crippen LogP) is 3.60. The van der Waals surface area contributed by atoms with E-state index in [4.69, 9.17) is 0 Å². The minimum Gasteiger partial charge on any atom is -0.317 e. The number of halogens is 3. The highest BCUT2D eigenvalue weighted by molar-refractivity contribution is 5.94. The van der Waals surface area contributed by atoms with Crippen molar-refractivity contribution in [3.63, 3.8) is 0 Å². The molecule has 1 fully saturated rings. The quantitative estimate of drug-likeness (QED) is 0.919. The van der Waals surface area contributed by atoms with Crippen LogP contribution < -0.4 is 10.3 Å². The first kappa shape index (κ1) is 16.3. The summed E-state index contributed by atoms with van der Waals surface area (Å²) in [5.74, 6) is 0.105. The zero-order valence-corrected chi connectivity index (χ0v) is 13.2. The largest absolute Gasteiger partial charge is 0.431 e. The molecule has 2 heterocycles. The Balaban J connectivity index is 1.67. The van der Waals surface area contributed by atoms with Crippen LogP contribution in [-0.4, -0.2) is 31.5 Å². The second-order valence-corrected chi connectivity index (χ2v) is 6.53. The van der Waals surface area contributed by atoms with E-state index in [0.717, 1.165) is 25.2 Å². The molecule has 0 amide bonds. The number of anilines is 1. The van der Waals surface area contributed by atoms with Gasteiger partial charge in [-0.15, -0.1) is 0 Å². The second-order valence-electron chi connectivity index (χ2n) is 6.53. The van der Waals surface area contributed by atoms with Gasteiger partial charge in [-0.1, -0.05) is 19.1 Å². The molecular formula is C17H22F3N3. The fourth-order valence-electron chi connectivity index (χ4n) is 3.34. The lowest BCUT2D eigenvalue weighted by atomic mass is 9.91. The Labute approximate surface area is 134 Å². The summed E-state index contributed by atoms with van der Waals surface area (Å²) >= 11 is 0. The van der Waals surface area contributed by atoms with E-state index in [1.807, 2.05) is 24.3 Å². The molecule has 1 atom stereocenters. The third kappa shape index (κ3) is 3.86. The molecule has 1 unspecified atom stereocenters. The summed E-state index contributed by atoms with van der Waals surface area (Å²) in [6.07, 6.45) is -0.937. The molecule has 0 spiro atoms. The third-order valence-electron chi connectivity index (χ3n) is 4.65. The molecule has 3 rings (SSSR count). The Kier molecular flexibility index (Phi) is 4.62. The molecular weight excluding hydrogens is 303 g/mol. The number of rotatable bonds is 3. The van der Waals surface area contributed by atoms with E-state index in [0.29, 0.717) is 5.92 Å². The van der Waals surface area contributed by atoms with Gasteiger partial charge in [0.05, 0.1) is 5.69 Å². The number of benzene rings is 1. The molecule has 0 bridgehead atoms. The van der Waals surface area contributed by atoms with Gasteiger partial charge in [0.2, 0.25) is 0 Å². The van der Waals surface area contributed by atoms with Crippen LogP contribution in [0.25, 0.3) is 0 Å². The summed E-state index contributed by atoms with van der Waals surface area (Å²) in [6, 6.07) is 7.80. The predicted molar refractivity (Wildman–Crippen MR) is 85.7 cm³/mol. The number of piperidine rings is 1. The number of alkyl halides is 3. The molecule has 0 aliphatic carbocycles. The van der Waals surface area contributed by atoms with E-state index in [1.54, 1.807) is 6.92 Å². The summed E-state index contributed by atoms with van der Waals surface area (Å²) in [5.41, 5.74) is 1.29. The minimum absolute atomic E-state index is 0.280. The fourth-order valence-corrected chi connectivity index (χ4v) is 3.34. The van der Waals surface area contributed by atoms with Gasteiger partial charge in [-0.25, -0.2) is 0 Å². The van der Waals surface area contributed by atoms with E-state index in [1.165, 1.54) is 23.4 Å². The number of hydrogen-bond donors (Lipinski definition) is 1. The molecule has 1 saturated heterocycles. The van der Waals surface area contributed by atoms with Crippen LogP contribution in [0.2, 0.25) is 0 Å². The number of nitrogens with zero attached hydrogens (tertiary/aromatic N) is 2. The maximum atomic E-state index is 12.9. The van der Waals surface area contributed by atoms with Crippen LogP contribution in [0.5, 0.6) is 0 Å². The summed E-state index contributed by atoms with van der Waals surface area (Å²) in [4.78, 5) is 0. The molecule has 1 N–H and O–H groups in total. The van der Waals surface area contributed by atoms with E-state index in [-0.39, 0.29) is 6.54 Å². The fraction of sp³-hybridized carbons (Fsp3) is 0.588. The first-order valence-electron chi connectivity index (χ1n) is 8.16. The van der Waals surface area contributed by atoms with Gasteiger partial charge >= 0.3 is 6.18 Å². The van der Waals surface area contributed by atoms with Crippen molar-refractivity contribution in [2.75, 3.05) is 24.6 Å². The molecule has 6 heteroatoms. The van der Waals surface area contributed by atoms with Crippen LogP contribution in [0, 0.1) is 11.8 Å². The lowest BCUT2D eigenvalue weighted by Crippen LogP contribution is -2.28. The molecule has 2 aliphatic rings. The Morgan fingerprint density at radius 2 is 1.83 bits per heavy atom. The molecule has 0 saturated carbocycles. The molecule has 23 heavy (non-hydrogen) atoms. The molecule has 1 aromatic carbocycles. The van der Waals surface area contributed by atoms with E-state index < -0.39 is 17.8 Å². The van der Waals surface area contributed by atoms with Crippen molar-refractivity contribution in [2.24, 2.45) is 16.9 Å². The maximum Gasteiger partial charge on any atom is 0.431 e. The summed E-state index contributed by atoms with van der Waals surface area (Å²) < 4.78 is 38.6. The maximum absolute atomic E-state index is 12.9. The first-order valence-corrected chi connectivity index (χ1v) is 8.16.